The topological polar surface area (TPSA) is 71.1 Å². The second-order valence-corrected chi connectivity index (χ2v) is 5.21. The molecule has 0 saturated heterocycles. The molecular weight excluding hydrogens is 218 g/mol. The fraction of sp³-hybridized carbons (Fsp3) is 0.917. The summed E-state index contributed by atoms with van der Waals surface area (Å²) >= 11 is 0. The van der Waals surface area contributed by atoms with Gasteiger partial charge in [0.1, 0.15) is 6.10 Å². The van der Waals surface area contributed by atoms with Crippen LogP contribution in [0.1, 0.15) is 32.6 Å². The molecule has 0 aromatic carbocycles. The Morgan fingerprint density at radius 3 is 2.71 bits per heavy atom. The highest BCUT2D eigenvalue weighted by Crippen LogP contribution is 2.34. The van der Waals surface area contributed by atoms with Gasteiger partial charge in [-0.3, -0.25) is 4.90 Å². The van der Waals surface area contributed by atoms with E-state index >= 15 is 0 Å². The molecule has 1 unspecified atom stereocenters. The second kappa shape index (κ2) is 5.69. The van der Waals surface area contributed by atoms with E-state index < -0.39 is 0 Å². The highest BCUT2D eigenvalue weighted by molar-refractivity contribution is 5.83. The lowest BCUT2D eigenvalue weighted by atomic mass is 10.3. The Labute approximate surface area is 103 Å². The van der Waals surface area contributed by atoms with Gasteiger partial charge in [-0.05, 0) is 38.5 Å². The van der Waals surface area contributed by atoms with E-state index in [4.69, 9.17) is 15.7 Å². The molecule has 3 N–H and O–H groups in total. The van der Waals surface area contributed by atoms with Gasteiger partial charge in [-0.15, -0.1) is 0 Å². The molecule has 2 aliphatic rings. The van der Waals surface area contributed by atoms with Crippen molar-refractivity contribution in [1.82, 2.24) is 4.90 Å². The molecule has 2 aliphatic carbocycles. The minimum atomic E-state index is -0.304. The summed E-state index contributed by atoms with van der Waals surface area (Å²) in [6.45, 7) is 4.65. The van der Waals surface area contributed by atoms with Crippen molar-refractivity contribution < 1.29 is 9.94 Å². The van der Waals surface area contributed by atoms with Crippen LogP contribution >= 0.6 is 0 Å². The van der Waals surface area contributed by atoms with Crippen molar-refractivity contribution in [3.05, 3.63) is 0 Å². The van der Waals surface area contributed by atoms with E-state index in [2.05, 4.69) is 10.1 Å². The molecule has 98 valence electrons. The molecule has 2 rings (SSSR count). The third kappa shape index (κ3) is 4.16. The normalized spacial score (nSPS) is 23.1. The van der Waals surface area contributed by atoms with E-state index in [0.717, 1.165) is 18.5 Å². The standard InChI is InChI=1S/C12H23N3O2/c1-9(12(13)14-16)17-7-6-15(11-4-5-11)8-10-2-3-10/h9-11,16H,2-8H2,1H3,(H2,13,14). The van der Waals surface area contributed by atoms with Gasteiger partial charge in [0.05, 0.1) is 6.61 Å². The van der Waals surface area contributed by atoms with Gasteiger partial charge in [0, 0.05) is 19.1 Å². The highest BCUT2D eigenvalue weighted by Gasteiger charge is 2.33. The average molecular weight is 241 g/mol. The molecule has 0 aromatic rings. The van der Waals surface area contributed by atoms with Crippen molar-refractivity contribution >= 4 is 5.84 Å². The predicted molar refractivity (Wildman–Crippen MR) is 66.1 cm³/mol. The molecular formula is C12H23N3O2. The molecule has 17 heavy (non-hydrogen) atoms. The Kier molecular flexibility index (Phi) is 4.23. The molecule has 5 heteroatoms. The van der Waals surface area contributed by atoms with Crippen molar-refractivity contribution in [3.63, 3.8) is 0 Å². The van der Waals surface area contributed by atoms with Crippen LogP contribution < -0.4 is 5.73 Å². The first-order valence-corrected chi connectivity index (χ1v) is 6.53. The number of hydrogen-bond acceptors (Lipinski definition) is 4. The Morgan fingerprint density at radius 1 is 1.47 bits per heavy atom. The SMILES string of the molecule is CC(OCCN(CC1CC1)C1CC1)C(N)=NO. The minimum absolute atomic E-state index is 0.144. The lowest BCUT2D eigenvalue weighted by Gasteiger charge is -2.22. The molecule has 0 spiro atoms. The summed E-state index contributed by atoms with van der Waals surface area (Å²) in [7, 11) is 0. The molecule has 2 fully saturated rings. The fourth-order valence-corrected chi connectivity index (χ4v) is 2.01. The van der Waals surface area contributed by atoms with Crippen LogP contribution in [0.4, 0.5) is 0 Å². The van der Waals surface area contributed by atoms with Crippen LogP contribution in [0.3, 0.4) is 0 Å². The maximum Gasteiger partial charge on any atom is 0.168 e. The summed E-state index contributed by atoms with van der Waals surface area (Å²) < 4.78 is 5.55. The number of hydrogen-bond donors (Lipinski definition) is 2. The Balaban J connectivity index is 1.64. The quantitative estimate of drug-likeness (QED) is 0.288. The van der Waals surface area contributed by atoms with Crippen LogP contribution in [0, 0.1) is 5.92 Å². The molecule has 2 saturated carbocycles. The van der Waals surface area contributed by atoms with Crippen molar-refractivity contribution in [1.29, 1.82) is 0 Å². The smallest absolute Gasteiger partial charge is 0.168 e. The Hall–Kier alpha value is -0.810. The van der Waals surface area contributed by atoms with Crippen LogP contribution in [0.25, 0.3) is 0 Å². The van der Waals surface area contributed by atoms with E-state index in [1.54, 1.807) is 6.92 Å². The van der Waals surface area contributed by atoms with E-state index in [0.29, 0.717) is 6.61 Å². The second-order valence-electron chi connectivity index (χ2n) is 5.21. The van der Waals surface area contributed by atoms with Crippen LogP contribution in [-0.2, 0) is 4.74 Å². The van der Waals surface area contributed by atoms with Gasteiger partial charge in [0.25, 0.3) is 0 Å². The molecule has 5 nitrogen and oxygen atoms in total. The van der Waals surface area contributed by atoms with E-state index in [-0.39, 0.29) is 11.9 Å². The average Bonchev–Trinajstić information content (AvgIpc) is 3.16. The molecule has 1 atom stereocenters. The van der Waals surface area contributed by atoms with Crippen molar-refractivity contribution in [2.24, 2.45) is 16.8 Å². The summed E-state index contributed by atoms with van der Waals surface area (Å²) in [4.78, 5) is 2.54. The zero-order valence-corrected chi connectivity index (χ0v) is 10.5. The van der Waals surface area contributed by atoms with Gasteiger partial charge in [-0.1, -0.05) is 5.16 Å². The van der Waals surface area contributed by atoms with Gasteiger partial charge < -0.3 is 15.7 Å². The van der Waals surface area contributed by atoms with Gasteiger partial charge in [0.15, 0.2) is 5.84 Å². The first-order valence-electron chi connectivity index (χ1n) is 6.53. The molecule has 0 aliphatic heterocycles. The first-order chi connectivity index (χ1) is 8.20. The predicted octanol–water partition coefficient (Wildman–Crippen LogP) is 1.01. The summed E-state index contributed by atoms with van der Waals surface area (Å²) in [6.07, 6.45) is 5.15. The Morgan fingerprint density at radius 2 is 2.18 bits per heavy atom. The van der Waals surface area contributed by atoms with Crippen LogP contribution in [-0.4, -0.2) is 47.8 Å². The minimum Gasteiger partial charge on any atom is -0.409 e. The van der Waals surface area contributed by atoms with Gasteiger partial charge in [-0.2, -0.15) is 0 Å². The van der Waals surface area contributed by atoms with Crippen LogP contribution in [0.5, 0.6) is 0 Å². The summed E-state index contributed by atoms with van der Waals surface area (Å²) in [5, 5.41) is 11.5. The Bertz CT molecular complexity index is 275. The van der Waals surface area contributed by atoms with Crippen LogP contribution in [0.15, 0.2) is 5.16 Å². The number of oxime groups is 1. The molecule has 0 heterocycles. The monoisotopic (exact) mass is 241 g/mol. The van der Waals surface area contributed by atoms with E-state index in [9.17, 15) is 0 Å². The third-order valence-corrected chi connectivity index (χ3v) is 3.53. The molecule has 0 bridgehead atoms. The zero-order valence-electron chi connectivity index (χ0n) is 10.5. The van der Waals surface area contributed by atoms with E-state index in [1.165, 1.54) is 32.2 Å². The van der Waals surface area contributed by atoms with Gasteiger partial charge in [-0.25, -0.2) is 0 Å². The summed E-state index contributed by atoms with van der Waals surface area (Å²) in [6, 6.07) is 0.790. The van der Waals surface area contributed by atoms with Gasteiger partial charge >= 0.3 is 0 Å². The summed E-state index contributed by atoms with van der Waals surface area (Å²) in [5.74, 6) is 1.07. The highest BCUT2D eigenvalue weighted by atomic mass is 16.5. The van der Waals surface area contributed by atoms with Crippen molar-refractivity contribution in [2.45, 2.75) is 44.8 Å². The number of amidine groups is 1. The summed E-state index contributed by atoms with van der Waals surface area (Å²) in [5.41, 5.74) is 5.46. The lowest BCUT2D eigenvalue weighted by Crippen LogP contribution is -2.35. The number of nitrogens with two attached hydrogens (primary N) is 1. The van der Waals surface area contributed by atoms with Gasteiger partial charge in [0.2, 0.25) is 0 Å². The zero-order chi connectivity index (χ0) is 12.3. The van der Waals surface area contributed by atoms with Crippen molar-refractivity contribution in [3.8, 4) is 0 Å². The number of nitrogens with zero attached hydrogens (tertiary/aromatic N) is 2. The maximum atomic E-state index is 8.51. The fourth-order valence-electron chi connectivity index (χ4n) is 2.01. The molecule has 0 aromatic heterocycles. The van der Waals surface area contributed by atoms with Crippen LogP contribution in [0.2, 0.25) is 0 Å². The largest absolute Gasteiger partial charge is 0.409 e. The molecule has 0 amide bonds. The maximum absolute atomic E-state index is 8.51. The van der Waals surface area contributed by atoms with E-state index in [1.807, 2.05) is 0 Å². The number of ether oxygens (including phenoxy) is 1. The lowest BCUT2D eigenvalue weighted by molar-refractivity contribution is 0.0780. The number of rotatable bonds is 8. The van der Waals surface area contributed by atoms with Crippen molar-refractivity contribution in [2.75, 3.05) is 19.7 Å². The molecule has 0 radical (unpaired) electrons. The third-order valence-electron chi connectivity index (χ3n) is 3.53. The first kappa shape index (κ1) is 12.6.